The van der Waals surface area contributed by atoms with Gasteiger partial charge in [-0.3, -0.25) is 4.99 Å². The topological polar surface area (TPSA) is 74.5 Å². The summed E-state index contributed by atoms with van der Waals surface area (Å²) in [7, 11) is 1.41. The molecule has 0 saturated heterocycles. The second-order valence-corrected chi connectivity index (χ2v) is 6.97. The highest BCUT2D eigenvalue weighted by Gasteiger charge is 2.57. The van der Waals surface area contributed by atoms with Crippen LogP contribution >= 0.6 is 11.6 Å². The molecule has 0 amide bonds. The van der Waals surface area contributed by atoms with Gasteiger partial charge in [0.25, 0.3) is 0 Å². The minimum absolute atomic E-state index is 0.241. The summed E-state index contributed by atoms with van der Waals surface area (Å²) < 4.78 is 41.8. The summed E-state index contributed by atoms with van der Waals surface area (Å²) in [5, 5.41) is 17.0. The first-order valence-corrected chi connectivity index (χ1v) is 9.58. The molecule has 1 atom stereocenters. The van der Waals surface area contributed by atoms with Crippen molar-refractivity contribution in [3.8, 4) is 0 Å². The number of aliphatic hydroxyl groups is 1. The van der Waals surface area contributed by atoms with E-state index in [0.29, 0.717) is 30.5 Å². The van der Waals surface area contributed by atoms with Crippen molar-refractivity contribution in [2.24, 2.45) is 12.0 Å². The zero-order valence-corrected chi connectivity index (χ0v) is 17.1. The molecule has 3 N–H and O–H groups in total. The predicted molar refractivity (Wildman–Crippen MR) is 107 cm³/mol. The standard InChI is InChI=1S/C19H25ClF3N5O/c1-3-24-17(26-9-7-14-5-4-6-15(20)13-14)27-10-8-18(29,19(21,22)23)16-25-11-12-28(16)2/h4-6,11-13,29H,3,7-10H2,1-2H3,(H2,24,26,27). The third-order valence-corrected chi connectivity index (χ3v) is 4.58. The minimum atomic E-state index is -4.88. The molecule has 1 heterocycles. The molecule has 0 radical (unpaired) electrons. The Bertz CT molecular complexity index is 824. The quantitative estimate of drug-likeness (QED) is 0.443. The first kappa shape index (κ1) is 23.0. The Morgan fingerprint density at radius 1 is 1.31 bits per heavy atom. The minimum Gasteiger partial charge on any atom is -0.374 e. The molecule has 0 bridgehead atoms. The zero-order valence-electron chi connectivity index (χ0n) is 16.3. The molecule has 6 nitrogen and oxygen atoms in total. The number of hydrogen-bond donors (Lipinski definition) is 3. The Kier molecular flexibility index (Phi) is 7.92. The van der Waals surface area contributed by atoms with Gasteiger partial charge in [-0.25, -0.2) is 4.98 Å². The Labute approximate surface area is 172 Å². The molecule has 1 unspecified atom stereocenters. The molecule has 0 aliphatic rings. The van der Waals surface area contributed by atoms with E-state index in [9.17, 15) is 18.3 Å². The zero-order chi connectivity index (χ0) is 21.5. The summed E-state index contributed by atoms with van der Waals surface area (Å²) in [6, 6.07) is 7.43. The van der Waals surface area contributed by atoms with Crippen molar-refractivity contribution in [1.82, 2.24) is 20.2 Å². The number of aromatic nitrogens is 2. The highest BCUT2D eigenvalue weighted by molar-refractivity contribution is 6.30. The first-order chi connectivity index (χ1) is 13.7. The number of alkyl halides is 3. The monoisotopic (exact) mass is 431 g/mol. The van der Waals surface area contributed by atoms with Gasteiger partial charge < -0.3 is 20.3 Å². The summed E-state index contributed by atoms with van der Waals surface area (Å²) in [6.45, 7) is 2.68. The van der Waals surface area contributed by atoms with Crippen molar-refractivity contribution >= 4 is 17.6 Å². The summed E-state index contributed by atoms with van der Waals surface area (Å²) in [6.07, 6.45) is -2.27. The fourth-order valence-corrected chi connectivity index (χ4v) is 3.05. The van der Waals surface area contributed by atoms with Gasteiger partial charge in [0.15, 0.2) is 5.96 Å². The van der Waals surface area contributed by atoms with E-state index in [1.54, 1.807) is 6.07 Å². The molecule has 0 saturated carbocycles. The molecule has 29 heavy (non-hydrogen) atoms. The summed E-state index contributed by atoms with van der Waals surface area (Å²) in [5.41, 5.74) is -2.05. The normalized spacial score (nSPS) is 14.5. The van der Waals surface area contributed by atoms with Gasteiger partial charge in [0.05, 0.1) is 0 Å². The molecule has 0 aliphatic heterocycles. The van der Waals surface area contributed by atoms with Gasteiger partial charge in [-0.1, -0.05) is 23.7 Å². The second-order valence-electron chi connectivity index (χ2n) is 6.54. The van der Waals surface area contributed by atoms with Crippen LogP contribution in [0.25, 0.3) is 0 Å². The lowest BCUT2D eigenvalue weighted by Crippen LogP contribution is -2.45. The molecule has 0 aliphatic carbocycles. The van der Waals surface area contributed by atoms with Crippen LogP contribution in [0.5, 0.6) is 0 Å². The molecule has 2 rings (SSSR count). The van der Waals surface area contributed by atoms with Crippen molar-refractivity contribution in [1.29, 1.82) is 0 Å². The molecule has 0 fully saturated rings. The van der Waals surface area contributed by atoms with Crippen LogP contribution in [0.1, 0.15) is 24.7 Å². The Morgan fingerprint density at radius 3 is 2.66 bits per heavy atom. The number of imidazole rings is 1. The van der Waals surface area contributed by atoms with Crippen LogP contribution in [0.3, 0.4) is 0 Å². The second kappa shape index (κ2) is 9.98. The number of rotatable bonds is 8. The van der Waals surface area contributed by atoms with Gasteiger partial charge in [-0.15, -0.1) is 0 Å². The Hall–Kier alpha value is -2.26. The first-order valence-electron chi connectivity index (χ1n) is 9.21. The number of aliphatic imine (C=N–C) groups is 1. The van der Waals surface area contributed by atoms with E-state index in [2.05, 4.69) is 20.6 Å². The third kappa shape index (κ3) is 6.11. The number of guanidine groups is 1. The average Bonchev–Trinajstić information content (AvgIpc) is 3.07. The maximum absolute atomic E-state index is 13.5. The van der Waals surface area contributed by atoms with E-state index in [1.807, 2.05) is 25.1 Å². The lowest BCUT2D eigenvalue weighted by Gasteiger charge is -2.29. The highest BCUT2D eigenvalue weighted by atomic mass is 35.5. The van der Waals surface area contributed by atoms with Gasteiger partial charge in [-0.2, -0.15) is 13.2 Å². The third-order valence-electron chi connectivity index (χ3n) is 4.34. The number of nitrogens with one attached hydrogen (secondary N) is 2. The fraction of sp³-hybridized carbons (Fsp3) is 0.474. The van der Waals surface area contributed by atoms with E-state index in [-0.39, 0.29) is 6.54 Å². The van der Waals surface area contributed by atoms with E-state index in [4.69, 9.17) is 11.6 Å². The summed E-state index contributed by atoms with van der Waals surface area (Å²) in [5.74, 6) is -0.0852. The van der Waals surface area contributed by atoms with Gasteiger partial charge >= 0.3 is 6.18 Å². The number of halogens is 4. The molecular weight excluding hydrogens is 407 g/mol. The summed E-state index contributed by atoms with van der Waals surface area (Å²) in [4.78, 5) is 7.85. The van der Waals surface area contributed by atoms with Crippen LogP contribution in [0.4, 0.5) is 13.2 Å². The number of benzene rings is 1. The largest absolute Gasteiger partial charge is 0.424 e. The van der Waals surface area contributed by atoms with Gasteiger partial charge in [0.2, 0.25) is 5.60 Å². The van der Waals surface area contributed by atoms with Crippen molar-refractivity contribution in [3.05, 3.63) is 53.1 Å². The summed E-state index contributed by atoms with van der Waals surface area (Å²) >= 11 is 5.96. The van der Waals surface area contributed by atoms with Crippen molar-refractivity contribution < 1.29 is 18.3 Å². The van der Waals surface area contributed by atoms with Gasteiger partial charge in [-0.05, 0) is 31.0 Å². The smallest absolute Gasteiger partial charge is 0.374 e. The number of aryl methyl sites for hydroxylation is 1. The van der Waals surface area contributed by atoms with Gasteiger partial charge in [0.1, 0.15) is 5.82 Å². The molecule has 10 heteroatoms. The van der Waals surface area contributed by atoms with Crippen LogP contribution in [0.15, 0.2) is 41.7 Å². The fourth-order valence-electron chi connectivity index (χ4n) is 2.83. The van der Waals surface area contributed by atoms with E-state index >= 15 is 0 Å². The molecule has 0 spiro atoms. The molecule has 1 aromatic carbocycles. The molecular formula is C19H25ClF3N5O. The van der Waals surface area contributed by atoms with Gasteiger partial charge in [0, 0.05) is 50.5 Å². The Morgan fingerprint density at radius 2 is 2.07 bits per heavy atom. The van der Waals surface area contributed by atoms with E-state index in [1.165, 1.54) is 19.4 Å². The lowest BCUT2D eigenvalue weighted by molar-refractivity contribution is -0.272. The predicted octanol–water partition coefficient (Wildman–Crippen LogP) is 3.01. The van der Waals surface area contributed by atoms with Crippen LogP contribution < -0.4 is 10.6 Å². The molecule has 2 aromatic rings. The maximum atomic E-state index is 13.5. The van der Waals surface area contributed by atoms with Crippen molar-refractivity contribution in [3.63, 3.8) is 0 Å². The van der Waals surface area contributed by atoms with Crippen LogP contribution in [-0.2, 0) is 19.1 Å². The van der Waals surface area contributed by atoms with Crippen LogP contribution in [-0.4, -0.2) is 46.4 Å². The molecule has 1 aromatic heterocycles. The van der Waals surface area contributed by atoms with Crippen LogP contribution in [0, 0.1) is 0 Å². The van der Waals surface area contributed by atoms with Crippen LogP contribution in [0.2, 0.25) is 5.02 Å². The molecule has 160 valence electrons. The SMILES string of the molecule is CCNC(=NCCC(O)(c1nccn1C)C(F)(F)F)NCCc1cccc(Cl)c1. The van der Waals surface area contributed by atoms with Crippen molar-refractivity contribution in [2.75, 3.05) is 19.6 Å². The van der Waals surface area contributed by atoms with E-state index in [0.717, 1.165) is 10.1 Å². The Balaban J connectivity index is 2.01. The van der Waals surface area contributed by atoms with E-state index < -0.39 is 24.0 Å². The highest BCUT2D eigenvalue weighted by Crippen LogP contribution is 2.40. The lowest BCUT2D eigenvalue weighted by atomic mass is 9.98. The number of nitrogens with zero attached hydrogens (tertiary/aromatic N) is 3. The van der Waals surface area contributed by atoms with Crippen molar-refractivity contribution in [2.45, 2.75) is 31.5 Å². The average molecular weight is 432 g/mol. The maximum Gasteiger partial charge on any atom is 0.424 e. The number of hydrogen-bond acceptors (Lipinski definition) is 3.